The van der Waals surface area contributed by atoms with Gasteiger partial charge in [-0.25, -0.2) is 4.39 Å². The van der Waals surface area contributed by atoms with Crippen LogP contribution in [-0.2, 0) is 12.1 Å². The lowest BCUT2D eigenvalue weighted by Crippen LogP contribution is -2.29. The molecule has 0 aliphatic carbocycles. The minimum absolute atomic E-state index is 0.121. The first-order chi connectivity index (χ1) is 10.5. The van der Waals surface area contributed by atoms with Crippen LogP contribution in [0, 0.1) is 0 Å². The zero-order valence-corrected chi connectivity index (χ0v) is 12.8. The van der Waals surface area contributed by atoms with Gasteiger partial charge >= 0.3 is 0 Å². The Bertz CT molecular complexity index is 737. The Morgan fingerprint density at radius 1 is 1.50 bits per heavy atom. The van der Waals surface area contributed by atoms with E-state index in [9.17, 15) is 9.18 Å². The van der Waals surface area contributed by atoms with Crippen LogP contribution in [0.25, 0.3) is 11.3 Å². The predicted octanol–water partition coefficient (Wildman–Crippen LogP) is 2.51. The molecule has 0 saturated heterocycles. The van der Waals surface area contributed by atoms with E-state index < -0.39 is 12.3 Å². The number of nitrogens with one attached hydrogen (secondary N) is 1. The molecule has 1 amide bonds. The van der Waals surface area contributed by atoms with Crippen LogP contribution in [0.5, 0.6) is 5.75 Å². The minimum atomic E-state index is -0.615. The first-order valence-electron chi connectivity index (χ1n) is 7.15. The van der Waals surface area contributed by atoms with Gasteiger partial charge in [-0.3, -0.25) is 9.78 Å². The van der Waals surface area contributed by atoms with E-state index in [1.54, 1.807) is 30.1 Å². The summed E-state index contributed by atoms with van der Waals surface area (Å²) in [4.78, 5) is 16.2. The van der Waals surface area contributed by atoms with Gasteiger partial charge in [-0.1, -0.05) is 0 Å². The fourth-order valence-electron chi connectivity index (χ4n) is 2.92. The van der Waals surface area contributed by atoms with E-state index in [1.807, 2.05) is 19.9 Å². The van der Waals surface area contributed by atoms with Crippen LogP contribution in [0.3, 0.4) is 0 Å². The molecule has 0 aromatic carbocycles. The summed E-state index contributed by atoms with van der Waals surface area (Å²) in [5.74, 6) is 0.399. The number of alkyl halides is 1. The summed E-state index contributed by atoms with van der Waals surface area (Å²) >= 11 is 0. The van der Waals surface area contributed by atoms with Gasteiger partial charge in [0.1, 0.15) is 23.7 Å². The van der Waals surface area contributed by atoms with Crippen LogP contribution in [0.15, 0.2) is 24.5 Å². The Hall–Kier alpha value is -2.37. The van der Waals surface area contributed by atoms with Gasteiger partial charge in [-0.05, 0) is 26.0 Å². The molecule has 3 heterocycles. The maximum Gasteiger partial charge on any atom is 0.267 e. The normalized spacial score (nSPS) is 14.7. The van der Waals surface area contributed by atoms with Crippen molar-refractivity contribution >= 4 is 5.91 Å². The van der Waals surface area contributed by atoms with Crippen LogP contribution >= 0.6 is 0 Å². The summed E-state index contributed by atoms with van der Waals surface area (Å²) in [7, 11) is 1.56. The molecule has 0 bridgehead atoms. The Morgan fingerprint density at radius 2 is 2.27 bits per heavy atom. The number of amides is 1. The Labute approximate surface area is 128 Å². The van der Waals surface area contributed by atoms with Crippen LogP contribution in [0.2, 0.25) is 0 Å². The first kappa shape index (κ1) is 14.6. The highest BCUT2D eigenvalue weighted by Gasteiger charge is 2.37. The molecule has 3 rings (SSSR count). The second-order valence-electron chi connectivity index (χ2n) is 5.70. The highest BCUT2D eigenvalue weighted by molar-refractivity contribution is 5.95. The van der Waals surface area contributed by atoms with Gasteiger partial charge in [-0.15, -0.1) is 0 Å². The molecule has 1 aliphatic heterocycles. The number of rotatable bonds is 3. The van der Waals surface area contributed by atoms with E-state index in [4.69, 9.17) is 4.74 Å². The minimum Gasteiger partial charge on any atom is -0.481 e. The van der Waals surface area contributed by atoms with E-state index >= 15 is 0 Å². The van der Waals surface area contributed by atoms with Gasteiger partial charge in [0.05, 0.1) is 18.4 Å². The zero-order valence-electron chi connectivity index (χ0n) is 12.8. The molecule has 1 N–H and O–H groups in total. The molecule has 0 saturated carbocycles. The molecule has 6 heteroatoms. The van der Waals surface area contributed by atoms with Gasteiger partial charge in [0.2, 0.25) is 0 Å². The highest BCUT2D eigenvalue weighted by Crippen LogP contribution is 2.46. The van der Waals surface area contributed by atoms with Crippen molar-refractivity contribution in [2.75, 3.05) is 13.7 Å². The third-order valence-corrected chi connectivity index (χ3v) is 3.92. The number of hydrogen-bond acceptors (Lipinski definition) is 3. The standard InChI is InChI=1S/C16H18FN3O2/c1-16(2)11-8-12(15(21)18-3)20(7-5-17)14(11)10-4-6-19-9-13(10)22-16/h4,6,8-9H,5,7H2,1-3H3,(H,18,21). The number of hydrogen-bond donors (Lipinski definition) is 1. The van der Waals surface area contributed by atoms with Gasteiger partial charge in [0, 0.05) is 24.4 Å². The van der Waals surface area contributed by atoms with E-state index in [1.165, 1.54) is 0 Å². The number of fused-ring (bicyclic) bond motifs is 3. The molecule has 0 unspecified atom stereocenters. The van der Waals surface area contributed by atoms with Crippen molar-refractivity contribution in [2.45, 2.75) is 26.0 Å². The summed E-state index contributed by atoms with van der Waals surface area (Å²) in [6, 6.07) is 3.61. The lowest BCUT2D eigenvalue weighted by molar-refractivity contribution is 0.0953. The Balaban J connectivity index is 2.32. The lowest BCUT2D eigenvalue weighted by Gasteiger charge is -2.33. The quantitative estimate of drug-likeness (QED) is 0.948. The maximum atomic E-state index is 13.0. The molecular formula is C16H18FN3O2. The predicted molar refractivity (Wildman–Crippen MR) is 80.7 cm³/mol. The van der Waals surface area contributed by atoms with E-state index in [0.29, 0.717) is 11.4 Å². The number of halogens is 1. The molecule has 2 aromatic rings. The molecule has 2 aromatic heterocycles. The van der Waals surface area contributed by atoms with Gasteiger partial charge < -0.3 is 14.6 Å². The summed E-state index contributed by atoms with van der Waals surface area (Å²) in [6.07, 6.45) is 3.31. The van der Waals surface area contributed by atoms with Crippen LogP contribution < -0.4 is 10.1 Å². The fourth-order valence-corrected chi connectivity index (χ4v) is 2.92. The number of pyridine rings is 1. The maximum absolute atomic E-state index is 13.0. The third-order valence-electron chi connectivity index (χ3n) is 3.92. The second-order valence-corrected chi connectivity index (χ2v) is 5.70. The topological polar surface area (TPSA) is 56.2 Å². The van der Waals surface area contributed by atoms with Crippen molar-refractivity contribution in [2.24, 2.45) is 0 Å². The Morgan fingerprint density at radius 3 is 2.95 bits per heavy atom. The van der Waals surface area contributed by atoms with Crippen molar-refractivity contribution in [3.63, 3.8) is 0 Å². The van der Waals surface area contributed by atoms with Crippen LogP contribution in [0.1, 0.15) is 29.9 Å². The molecule has 1 aliphatic rings. The van der Waals surface area contributed by atoms with Gasteiger partial charge in [0.15, 0.2) is 0 Å². The van der Waals surface area contributed by atoms with Gasteiger partial charge in [-0.2, -0.15) is 0 Å². The third kappa shape index (κ3) is 2.06. The number of ether oxygens (including phenoxy) is 1. The average molecular weight is 303 g/mol. The average Bonchev–Trinajstić information content (AvgIpc) is 2.87. The Kier molecular flexibility index (Phi) is 3.39. The van der Waals surface area contributed by atoms with Crippen LogP contribution in [0.4, 0.5) is 4.39 Å². The molecular weight excluding hydrogens is 285 g/mol. The van der Waals surface area contributed by atoms with E-state index in [-0.39, 0.29) is 12.5 Å². The fraction of sp³-hybridized carbons (Fsp3) is 0.375. The SMILES string of the molecule is CNC(=O)c1cc2c(n1CCF)-c1ccncc1OC2(C)C. The number of carbonyl (C=O) groups excluding carboxylic acids is 1. The van der Waals surface area contributed by atoms with Crippen molar-refractivity contribution in [1.82, 2.24) is 14.9 Å². The molecule has 0 fully saturated rings. The molecule has 0 atom stereocenters. The zero-order chi connectivity index (χ0) is 15.9. The highest BCUT2D eigenvalue weighted by atomic mass is 19.1. The molecule has 5 nitrogen and oxygen atoms in total. The summed E-state index contributed by atoms with van der Waals surface area (Å²) < 4.78 is 20.8. The van der Waals surface area contributed by atoms with Crippen molar-refractivity contribution in [1.29, 1.82) is 0 Å². The monoisotopic (exact) mass is 303 g/mol. The summed E-state index contributed by atoms with van der Waals surface area (Å²) in [5, 5.41) is 2.61. The smallest absolute Gasteiger partial charge is 0.267 e. The number of aromatic nitrogens is 2. The second kappa shape index (κ2) is 5.12. The molecule has 116 valence electrons. The number of carbonyl (C=O) groups is 1. The summed E-state index contributed by atoms with van der Waals surface area (Å²) in [5.41, 5.74) is 2.35. The lowest BCUT2D eigenvalue weighted by atomic mass is 9.92. The first-order valence-corrected chi connectivity index (χ1v) is 7.15. The van der Waals surface area contributed by atoms with Crippen molar-refractivity contribution < 1.29 is 13.9 Å². The molecule has 0 spiro atoms. The van der Waals surface area contributed by atoms with Crippen molar-refractivity contribution in [3.8, 4) is 17.0 Å². The van der Waals surface area contributed by atoms with Gasteiger partial charge in [0.25, 0.3) is 5.91 Å². The molecule has 0 radical (unpaired) electrons. The van der Waals surface area contributed by atoms with Crippen LogP contribution in [-0.4, -0.2) is 29.2 Å². The van der Waals surface area contributed by atoms with E-state index in [2.05, 4.69) is 10.3 Å². The largest absolute Gasteiger partial charge is 0.481 e. The van der Waals surface area contributed by atoms with Crippen molar-refractivity contribution in [3.05, 3.63) is 35.8 Å². The van der Waals surface area contributed by atoms with E-state index in [0.717, 1.165) is 16.8 Å². The molecule has 22 heavy (non-hydrogen) atoms. The summed E-state index contributed by atoms with van der Waals surface area (Å²) in [6.45, 7) is 3.42. The number of nitrogens with zero attached hydrogens (tertiary/aromatic N) is 2.